The van der Waals surface area contributed by atoms with Crippen LogP contribution in [-0.4, -0.2) is 10.9 Å². The van der Waals surface area contributed by atoms with Crippen LogP contribution in [0.5, 0.6) is 0 Å². The summed E-state index contributed by atoms with van der Waals surface area (Å²) in [5, 5.41) is 5.60. The van der Waals surface area contributed by atoms with E-state index >= 15 is 0 Å². The molecule has 0 aliphatic carbocycles. The number of carbonyl (C=O) groups excluding carboxylic acids is 1. The van der Waals surface area contributed by atoms with Gasteiger partial charge in [-0.1, -0.05) is 17.4 Å². The number of benzene rings is 2. The van der Waals surface area contributed by atoms with E-state index in [-0.39, 0.29) is 10.6 Å². The molecule has 0 bridgehead atoms. The average Bonchev–Trinajstić information content (AvgIpc) is 2.91. The molecular formula is C17H12F3N3OS. The first-order valence-electron chi connectivity index (χ1n) is 7.19. The first kappa shape index (κ1) is 17.0. The van der Waals surface area contributed by atoms with Crippen molar-refractivity contribution < 1.29 is 18.0 Å². The molecule has 0 saturated heterocycles. The van der Waals surface area contributed by atoms with Gasteiger partial charge in [-0.3, -0.25) is 4.79 Å². The highest BCUT2D eigenvalue weighted by molar-refractivity contribution is 7.17. The number of aryl methyl sites for hydroxylation is 1. The Bertz CT molecular complexity index is 943. The van der Waals surface area contributed by atoms with Crippen LogP contribution < -0.4 is 10.6 Å². The zero-order valence-electron chi connectivity index (χ0n) is 12.9. The monoisotopic (exact) mass is 363 g/mol. The highest BCUT2D eigenvalue weighted by Crippen LogP contribution is 2.27. The van der Waals surface area contributed by atoms with Gasteiger partial charge in [-0.05, 0) is 37.3 Å². The number of nitrogens with zero attached hydrogens (tertiary/aromatic N) is 1. The van der Waals surface area contributed by atoms with E-state index in [0.29, 0.717) is 16.5 Å². The molecule has 2 aromatic carbocycles. The molecule has 128 valence electrons. The van der Waals surface area contributed by atoms with Gasteiger partial charge >= 0.3 is 0 Å². The molecule has 0 atom stereocenters. The van der Waals surface area contributed by atoms with Gasteiger partial charge in [0.05, 0.1) is 11.4 Å². The first-order valence-corrected chi connectivity index (χ1v) is 8.00. The summed E-state index contributed by atoms with van der Waals surface area (Å²) in [6, 6.07) is 8.59. The van der Waals surface area contributed by atoms with Gasteiger partial charge in [-0.25, -0.2) is 18.2 Å². The van der Waals surface area contributed by atoms with Crippen LogP contribution in [0.1, 0.15) is 15.4 Å². The fourth-order valence-electron chi connectivity index (χ4n) is 2.12. The molecule has 3 aromatic rings. The van der Waals surface area contributed by atoms with Gasteiger partial charge in [0, 0.05) is 11.8 Å². The Labute approximate surface area is 145 Å². The maximum absolute atomic E-state index is 13.6. The van der Waals surface area contributed by atoms with Gasteiger partial charge in [0.25, 0.3) is 5.91 Å². The summed E-state index contributed by atoms with van der Waals surface area (Å²) in [6.45, 7) is 1.62. The predicted octanol–water partition coefficient (Wildman–Crippen LogP) is 4.86. The van der Waals surface area contributed by atoms with Gasteiger partial charge in [0.1, 0.15) is 22.3 Å². The van der Waals surface area contributed by atoms with E-state index < -0.39 is 23.4 Å². The van der Waals surface area contributed by atoms with Crippen LogP contribution in [0.15, 0.2) is 42.5 Å². The number of hydrogen-bond donors (Lipinski definition) is 2. The molecule has 8 heteroatoms. The Morgan fingerprint density at radius 3 is 2.60 bits per heavy atom. The van der Waals surface area contributed by atoms with Crippen molar-refractivity contribution in [3.8, 4) is 0 Å². The standard InChI is InChI=1S/C17H12F3N3OS/c1-9-15(16(24)23-14-8-11(19)5-6-13(14)20)25-17(21-9)22-12-4-2-3-10(18)7-12/h2-8H,1H3,(H,21,22)(H,23,24). The highest BCUT2D eigenvalue weighted by atomic mass is 32.1. The van der Waals surface area contributed by atoms with Crippen molar-refractivity contribution in [2.75, 3.05) is 10.6 Å². The van der Waals surface area contributed by atoms with Crippen molar-refractivity contribution >= 4 is 33.8 Å². The average molecular weight is 363 g/mol. The summed E-state index contributed by atoms with van der Waals surface area (Å²) in [5.41, 5.74) is 0.646. The molecule has 4 nitrogen and oxygen atoms in total. The molecule has 25 heavy (non-hydrogen) atoms. The maximum atomic E-state index is 13.6. The minimum Gasteiger partial charge on any atom is -0.331 e. The topological polar surface area (TPSA) is 54.0 Å². The van der Waals surface area contributed by atoms with Crippen LogP contribution in [0, 0.1) is 24.4 Å². The largest absolute Gasteiger partial charge is 0.331 e. The van der Waals surface area contributed by atoms with Crippen LogP contribution in [0.4, 0.5) is 29.7 Å². The van der Waals surface area contributed by atoms with E-state index in [9.17, 15) is 18.0 Å². The number of thiazole rings is 1. The Kier molecular flexibility index (Phi) is 4.71. The van der Waals surface area contributed by atoms with Crippen LogP contribution in [0.2, 0.25) is 0 Å². The highest BCUT2D eigenvalue weighted by Gasteiger charge is 2.17. The number of anilines is 3. The minimum absolute atomic E-state index is 0.238. The van der Waals surface area contributed by atoms with Crippen molar-refractivity contribution in [2.45, 2.75) is 6.92 Å². The van der Waals surface area contributed by atoms with Gasteiger partial charge < -0.3 is 10.6 Å². The lowest BCUT2D eigenvalue weighted by Gasteiger charge is -2.05. The normalized spacial score (nSPS) is 10.6. The third-order valence-corrected chi connectivity index (χ3v) is 4.33. The van der Waals surface area contributed by atoms with Crippen LogP contribution in [0.3, 0.4) is 0 Å². The third kappa shape index (κ3) is 3.97. The molecule has 1 heterocycles. The number of halogens is 3. The lowest BCUT2D eigenvalue weighted by atomic mass is 10.3. The Hall–Kier alpha value is -2.87. The quantitative estimate of drug-likeness (QED) is 0.696. The lowest BCUT2D eigenvalue weighted by Crippen LogP contribution is -2.12. The number of aromatic nitrogens is 1. The Morgan fingerprint density at radius 2 is 1.84 bits per heavy atom. The van der Waals surface area contributed by atoms with Crippen molar-refractivity contribution in [3.05, 3.63) is 70.5 Å². The Balaban J connectivity index is 1.79. The van der Waals surface area contributed by atoms with Crippen molar-refractivity contribution in [1.29, 1.82) is 0 Å². The number of hydrogen-bond acceptors (Lipinski definition) is 4. The van der Waals surface area contributed by atoms with E-state index in [4.69, 9.17) is 0 Å². The summed E-state index contributed by atoms with van der Waals surface area (Å²) in [6.07, 6.45) is 0. The zero-order valence-corrected chi connectivity index (χ0v) is 13.8. The van der Waals surface area contributed by atoms with Gasteiger partial charge in [-0.2, -0.15) is 0 Å². The fraction of sp³-hybridized carbons (Fsp3) is 0.0588. The molecule has 3 rings (SSSR count). The summed E-state index contributed by atoms with van der Waals surface area (Å²) in [7, 11) is 0. The van der Waals surface area contributed by atoms with Crippen LogP contribution >= 0.6 is 11.3 Å². The van der Waals surface area contributed by atoms with Crippen molar-refractivity contribution in [2.24, 2.45) is 0 Å². The van der Waals surface area contributed by atoms with Gasteiger partial charge in [0.2, 0.25) is 0 Å². The van der Waals surface area contributed by atoms with Crippen LogP contribution in [-0.2, 0) is 0 Å². The molecule has 0 aliphatic rings. The molecule has 0 fully saturated rings. The fourth-order valence-corrected chi connectivity index (χ4v) is 3.00. The summed E-state index contributed by atoms with van der Waals surface area (Å²) < 4.78 is 40.0. The third-order valence-electron chi connectivity index (χ3n) is 3.26. The molecule has 0 unspecified atom stereocenters. The number of rotatable bonds is 4. The molecule has 0 saturated carbocycles. The molecule has 1 aromatic heterocycles. The zero-order chi connectivity index (χ0) is 18.0. The molecule has 2 N–H and O–H groups in total. The van der Waals surface area contributed by atoms with E-state index in [1.807, 2.05) is 0 Å². The van der Waals surface area contributed by atoms with E-state index in [1.54, 1.807) is 19.1 Å². The molecule has 0 spiro atoms. The molecular weight excluding hydrogens is 351 g/mol. The molecule has 0 aliphatic heterocycles. The Morgan fingerprint density at radius 1 is 1.08 bits per heavy atom. The summed E-state index contributed by atoms with van der Waals surface area (Å²) in [5.74, 6) is -2.41. The summed E-state index contributed by atoms with van der Waals surface area (Å²) in [4.78, 5) is 16.7. The number of carbonyl (C=O) groups is 1. The van der Waals surface area contributed by atoms with E-state index in [2.05, 4.69) is 15.6 Å². The molecule has 0 radical (unpaired) electrons. The van der Waals surface area contributed by atoms with Crippen molar-refractivity contribution in [3.63, 3.8) is 0 Å². The predicted molar refractivity (Wildman–Crippen MR) is 90.8 cm³/mol. The van der Waals surface area contributed by atoms with E-state index in [1.165, 1.54) is 12.1 Å². The number of amides is 1. The number of nitrogens with one attached hydrogen (secondary N) is 2. The second-order valence-electron chi connectivity index (χ2n) is 5.15. The van der Waals surface area contributed by atoms with E-state index in [0.717, 1.165) is 29.5 Å². The van der Waals surface area contributed by atoms with Crippen molar-refractivity contribution in [1.82, 2.24) is 4.98 Å². The lowest BCUT2D eigenvalue weighted by molar-refractivity contribution is 0.102. The van der Waals surface area contributed by atoms with Gasteiger partial charge in [-0.15, -0.1) is 0 Å². The maximum Gasteiger partial charge on any atom is 0.267 e. The second kappa shape index (κ2) is 6.94. The second-order valence-corrected chi connectivity index (χ2v) is 6.15. The smallest absolute Gasteiger partial charge is 0.267 e. The van der Waals surface area contributed by atoms with Crippen LogP contribution in [0.25, 0.3) is 0 Å². The van der Waals surface area contributed by atoms with Gasteiger partial charge in [0.15, 0.2) is 5.13 Å². The summed E-state index contributed by atoms with van der Waals surface area (Å²) >= 11 is 1.02. The minimum atomic E-state index is -0.741. The molecule has 1 amide bonds. The first-order chi connectivity index (χ1) is 11.9. The SMILES string of the molecule is Cc1nc(Nc2cccc(F)c2)sc1C(=O)Nc1cc(F)ccc1F.